The molecule has 0 bridgehead atoms. The number of rotatable bonds is 7. The van der Waals surface area contributed by atoms with Crippen molar-refractivity contribution in [2.24, 2.45) is 0 Å². The second-order valence-electron chi connectivity index (χ2n) is 5.64. The number of aliphatic carboxylic acids is 2. The molecular formula is C17H19ClFNO4. The van der Waals surface area contributed by atoms with Crippen molar-refractivity contribution in [3.8, 4) is 0 Å². The van der Waals surface area contributed by atoms with Gasteiger partial charge in [-0.1, -0.05) is 25.4 Å². The Balaban J connectivity index is 2.70. The van der Waals surface area contributed by atoms with E-state index in [9.17, 15) is 19.1 Å². The molecule has 0 spiro atoms. The molecule has 7 heteroatoms. The minimum absolute atomic E-state index is 0.0300. The molecule has 2 rings (SSSR count). The van der Waals surface area contributed by atoms with Crippen LogP contribution in [0.1, 0.15) is 37.8 Å². The highest BCUT2D eigenvalue weighted by Gasteiger charge is 2.36. The maximum Gasteiger partial charge on any atom is 0.352 e. The third-order valence-electron chi connectivity index (χ3n) is 4.00. The van der Waals surface area contributed by atoms with Gasteiger partial charge in [-0.3, -0.25) is 0 Å². The van der Waals surface area contributed by atoms with Gasteiger partial charge in [0.05, 0.1) is 11.1 Å². The van der Waals surface area contributed by atoms with Gasteiger partial charge in [0.15, 0.2) is 0 Å². The maximum absolute atomic E-state index is 14.3. The fourth-order valence-corrected chi connectivity index (χ4v) is 3.07. The number of hydrogen-bond donors (Lipinski definition) is 2. The Hall–Kier alpha value is -2.08. The van der Waals surface area contributed by atoms with Crippen LogP contribution in [0.15, 0.2) is 17.8 Å². The van der Waals surface area contributed by atoms with E-state index in [1.807, 2.05) is 0 Å². The highest BCUT2D eigenvalue weighted by molar-refractivity contribution is 6.32. The molecule has 0 heterocycles. The maximum atomic E-state index is 14.3. The molecule has 0 unspecified atom stereocenters. The Bertz CT molecular complexity index is 713. The molecule has 0 aliphatic heterocycles. The van der Waals surface area contributed by atoms with Gasteiger partial charge in [0.25, 0.3) is 0 Å². The normalized spacial score (nSPS) is 14.6. The van der Waals surface area contributed by atoms with Crippen LogP contribution in [0.5, 0.6) is 0 Å². The van der Waals surface area contributed by atoms with Crippen LogP contribution >= 0.6 is 11.6 Å². The van der Waals surface area contributed by atoms with Gasteiger partial charge >= 0.3 is 11.9 Å². The molecule has 1 aliphatic carbocycles. The number of anilines is 1. The van der Waals surface area contributed by atoms with Crippen LogP contribution in [0.4, 0.5) is 10.1 Å². The second-order valence-corrected chi connectivity index (χ2v) is 6.02. The van der Waals surface area contributed by atoms with E-state index in [2.05, 4.69) is 0 Å². The van der Waals surface area contributed by atoms with Crippen molar-refractivity contribution in [3.05, 3.63) is 39.8 Å². The van der Waals surface area contributed by atoms with Crippen molar-refractivity contribution >= 4 is 29.2 Å². The van der Waals surface area contributed by atoms with Crippen molar-refractivity contribution in [3.63, 3.8) is 0 Å². The fourth-order valence-electron chi connectivity index (χ4n) is 2.72. The predicted octanol–water partition coefficient (Wildman–Crippen LogP) is 3.63. The van der Waals surface area contributed by atoms with E-state index >= 15 is 0 Å². The third kappa shape index (κ3) is 3.53. The first kappa shape index (κ1) is 18.3. The van der Waals surface area contributed by atoms with E-state index in [1.54, 1.807) is 19.9 Å². The molecule has 1 aromatic carbocycles. The molecule has 2 N–H and O–H groups in total. The van der Waals surface area contributed by atoms with E-state index < -0.39 is 17.8 Å². The summed E-state index contributed by atoms with van der Waals surface area (Å²) in [5.74, 6) is -3.19. The van der Waals surface area contributed by atoms with E-state index in [-0.39, 0.29) is 16.8 Å². The van der Waals surface area contributed by atoms with Gasteiger partial charge in [-0.2, -0.15) is 0 Å². The van der Waals surface area contributed by atoms with E-state index in [4.69, 9.17) is 16.7 Å². The minimum Gasteiger partial charge on any atom is -0.478 e. The third-order valence-corrected chi connectivity index (χ3v) is 4.40. The lowest BCUT2D eigenvalue weighted by Crippen LogP contribution is -2.31. The van der Waals surface area contributed by atoms with Gasteiger partial charge in [0.2, 0.25) is 0 Å². The van der Waals surface area contributed by atoms with Crippen LogP contribution in [-0.4, -0.2) is 28.2 Å². The molecule has 24 heavy (non-hydrogen) atoms. The lowest BCUT2D eigenvalue weighted by molar-refractivity contribution is -0.135. The van der Waals surface area contributed by atoms with Crippen LogP contribution in [-0.2, 0) is 22.4 Å². The van der Waals surface area contributed by atoms with Gasteiger partial charge in [-0.05, 0) is 42.9 Å². The zero-order chi connectivity index (χ0) is 18.0. The molecule has 1 fully saturated rings. The van der Waals surface area contributed by atoms with E-state index in [0.717, 1.165) is 12.8 Å². The lowest BCUT2D eigenvalue weighted by atomic mass is 10.0. The summed E-state index contributed by atoms with van der Waals surface area (Å²) in [5, 5.41) is 18.4. The number of carbonyl (C=O) groups is 2. The smallest absolute Gasteiger partial charge is 0.352 e. The number of hydrogen-bond acceptors (Lipinski definition) is 3. The number of carboxylic acid groups (broad SMARTS) is 2. The van der Waals surface area contributed by atoms with Crippen molar-refractivity contribution in [1.82, 2.24) is 0 Å². The van der Waals surface area contributed by atoms with Crippen molar-refractivity contribution in [2.75, 3.05) is 4.90 Å². The number of halogens is 2. The molecule has 0 atom stereocenters. The summed E-state index contributed by atoms with van der Waals surface area (Å²) < 4.78 is 14.3. The summed E-state index contributed by atoms with van der Waals surface area (Å²) in [6.07, 6.45) is 2.95. The van der Waals surface area contributed by atoms with Crippen molar-refractivity contribution in [2.45, 2.75) is 45.6 Å². The summed E-state index contributed by atoms with van der Waals surface area (Å²) in [5.41, 5.74) is 0.983. The first-order valence-corrected chi connectivity index (χ1v) is 8.16. The van der Waals surface area contributed by atoms with Crippen molar-refractivity contribution in [1.29, 1.82) is 0 Å². The van der Waals surface area contributed by atoms with Gasteiger partial charge < -0.3 is 15.1 Å². The summed E-state index contributed by atoms with van der Waals surface area (Å²) >= 11 is 6.16. The number of carboxylic acids is 2. The molecule has 0 radical (unpaired) electrons. The van der Waals surface area contributed by atoms with Crippen LogP contribution in [0.3, 0.4) is 0 Å². The van der Waals surface area contributed by atoms with Crippen LogP contribution < -0.4 is 4.90 Å². The Morgan fingerprint density at radius 3 is 2.38 bits per heavy atom. The van der Waals surface area contributed by atoms with Crippen LogP contribution in [0, 0.1) is 5.82 Å². The molecule has 1 aromatic rings. The van der Waals surface area contributed by atoms with Crippen LogP contribution in [0.2, 0.25) is 5.02 Å². The van der Waals surface area contributed by atoms with E-state index in [0.29, 0.717) is 35.7 Å². The fraction of sp³-hybridized carbons (Fsp3) is 0.412. The SMILES string of the molecule is CCc1cc(N(/C(=C/C(=O)O)C(=O)O)C2CC2)c(CC)c(Cl)c1F. The Labute approximate surface area is 144 Å². The largest absolute Gasteiger partial charge is 0.478 e. The topological polar surface area (TPSA) is 77.8 Å². The quantitative estimate of drug-likeness (QED) is 0.730. The highest BCUT2D eigenvalue weighted by atomic mass is 35.5. The van der Waals surface area contributed by atoms with Gasteiger partial charge in [-0.25, -0.2) is 14.0 Å². The summed E-state index contributed by atoms with van der Waals surface area (Å²) in [6, 6.07) is 1.46. The van der Waals surface area contributed by atoms with Crippen molar-refractivity contribution < 1.29 is 24.2 Å². The van der Waals surface area contributed by atoms with Gasteiger partial charge in [-0.15, -0.1) is 0 Å². The molecule has 130 valence electrons. The molecule has 1 saturated carbocycles. The zero-order valence-corrected chi connectivity index (χ0v) is 14.2. The molecule has 5 nitrogen and oxygen atoms in total. The first-order valence-electron chi connectivity index (χ1n) is 7.78. The van der Waals surface area contributed by atoms with E-state index in [1.165, 1.54) is 4.90 Å². The highest BCUT2D eigenvalue weighted by Crippen LogP contribution is 2.41. The summed E-state index contributed by atoms with van der Waals surface area (Å²) in [4.78, 5) is 24.1. The minimum atomic E-state index is -1.35. The molecule has 1 aliphatic rings. The number of nitrogens with zero attached hydrogens (tertiary/aromatic N) is 1. The average Bonchev–Trinajstić information content (AvgIpc) is 3.34. The summed E-state index contributed by atoms with van der Waals surface area (Å²) in [7, 11) is 0. The predicted molar refractivity (Wildman–Crippen MR) is 89.0 cm³/mol. The standard InChI is InChI=1S/C17H19ClFNO4/c1-3-9-7-12(11(4-2)15(18)16(9)19)20(10-5-6-10)13(17(23)24)8-14(21)22/h7-8,10H,3-6H2,1-2H3,(H,21,22)(H,23,24)/b13-8+. The second kappa shape index (κ2) is 7.21. The Morgan fingerprint density at radius 2 is 1.96 bits per heavy atom. The van der Waals surface area contributed by atoms with Gasteiger partial charge in [0, 0.05) is 11.7 Å². The molecule has 0 saturated heterocycles. The number of benzene rings is 1. The average molecular weight is 356 g/mol. The Morgan fingerprint density at radius 1 is 1.33 bits per heavy atom. The monoisotopic (exact) mass is 355 g/mol. The molecule has 0 aromatic heterocycles. The number of aryl methyl sites for hydroxylation is 1. The zero-order valence-electron chi connectivity index (χ0n) is 13.5. The first-order chi connectivity index (χ1) is 11.3. The molecular weight excluding hydrogens is 337 g/mol. The van der Waals surface area contributed by atoms with Gasteiger partial charge in [0.1, 0.15) is 11.5 Å². The molecule has 0 amide bonds. The van der Waals surface area contributed by atoms with Crippen LogP contribution in [0.25, 0.3) is 0 Å². The lowest BCUT2D eigenvalue weighted by Gasteiger charge is -2.28. The Kier molecular flexibility index (Phi) is 5.49. The summed E-state index contributed by atoms with van der Waals surface area (Å²) in [6.45, 7) is 3.57.